The number of thiophene rings is 1. The van der Waals surface area contributed by atoms with Crippen LogP contribution in [0.1, 0.15) is 18.2 Å². The van der Waals surface area contributed by atoms with Crippen molar-refractivity contribution in [1.29, 1.82) is 0 Å². The van der Waals surface area contributed by atoms with Gasteiger partial charge >= 0.3 is 0 Å². The van der Waals surface area contributed by atoms with Crippen molar-refractivity contribution in [3.63, 3.8) is 0 Å². The number of hydrogen-bond acceptors (Lipinski definition) is 6. The molecule has 0 fully saturated rings. The van der Waals surface area contributed by atoms with E-state index in [0.29, 0.717) is 11.7 Å². The first kappa shape index (κ1) is 17.7. The Labute approximate surface area is 170 Å². The van der Waals surface area contributed by atoms with Gasteiger partial charge in [-0.15, -0.1) is 22.7 Å². The maximum absolute atomic E-state index is 14.6. The highest BCUT2D eigenvalue weighted by atomic mass is 32.1. The normalized spacial score (nSPS) is 18.0. The third-order valence-electron chi connectivity index (χ3n) is 5.37. The third kappa shape index (κ3) is 2.99. The molecule has 28 heavy (non-hydrogen) atoms. The third-order valence-corrected chi connectivity index (χ3v) is 7.25. The van der Waals surface area contributed by atoms with Gasteiger partial charge in [0.1, 0.15) is 10.6 Å². The first-order chi connectivity index (χ1) is 13.6. The van der Waals surface area contributed by atoms with Crippen LogP contribution in [0.15, 0.2) is 42.0 Å². The molecular formula is C21H19FN4S2. The van der Waals surface area contributed by atoms with E-state index in [9.17, 15) is 4.39 Å². The molecule has 4 aromatic rings. The van der Waals surface area contributed by atoms with Crippen LogP contribution in [0.5, 0.6) is 0 Å². The smallest absolute Gasteiger partial charge is 0.148 e. The first-order valence-corrected chi connectivity index (χ1v) is 10.9. The maximum atomic E-state index is 14.6. The molecule has 0 amide bonds. The maximum Gasteiger partial charge on any atom is 0.148 e. The van der Waals surface area contributed by atoms with Crippen LogP contribution < -0.4 is 5.32 Å². The zero-order valence-corrected chi connectivity index (χ0v) is 17.2. The Kier molecular flexibility index (Phi) is 4.38. The number of likely N-dealkylation sites (N-methyl/N-ethyl adjacent to an activating group) is 1. The minimum atomic E-state index is -0.276. The predicted molar refractivity (Wildman–Crippen MR) is 117 cm³/mol. The molecule has 142 valence electrons. The Balaban J connectivity index is 1.56. The van der Waals surface area contributed by atoms with Gasteiger partial charge in [0.05, 0.1) is 27.1 Å². The minimum Gasteiger partial charge on any atom is -0.352 e. The molecule has 4 nitrogen and oxygen atoms in total. The van der Waals surface area contributed by atoms with Crippen LogP contribution in [0.25, 0.3) is 26.0 Å². The van der Waals surface area contributed by atoms with Crippen LogP contribution in [-0.4, -0.2) is 34.5 Å². The molecule has 0 spiro atoms. The summed E-state index contributed by atoms with van der Waals surface area (Å²) < 4.78 is 15.4. The number of fused-ring (bicyclic) bond motifs is 2. The molecule has 0 bridgehead atoms. The van der Waals surface area contributed by atoms with E-state index in [0.717, 1.165) is 39.1 Å². The van der Waals surface area contributed by atoms with E-state index in [1.165, 1.54) is 27.9 Å². The van der Waals surface area contributed by atoms with E-state index in [1.54, 1.807) is 29.1 Å². The van der Waals surface area contributed by atoms with E-state index < -0.39 is 0 Å². The van der Waals surface area contributed by atoms with E-state index in [2.05, 4.69) is 46.3 Å². The summed E-state index contributed by atoms with van der Waals surface area (Å²) in [5.41, 5.74) is 5.17. The van der Waals surface area contributed by atoms with E-state index >= 15 is 0 Å². The number of halogens is 1. The molecule has 5 rings (SSSR count). The SMILES string of the molecule is CC1C(c2cc3c(Nc4cc5ncsc5cc4F)ccnc3s2)=CCCN1C. The van der Waals surface area contributed by atoms with Crippen LogP contribution in [0, 0.1) is 5.82 Å². The van der Waals surface area contributed by atoms with Crippen LogP contribution in [-0.2, 0) is 0 Å². The summed E-state index contributed by atoms with van der Waals surface area (Å²) in [5.74, 6) is -0.276. The molecule has 0 saturated heterocycles. The Bertz CT molecular complexity index is 1210. The van der Waals surface area contributed by atoms with E-state index in [4.69, 9.17) is 0 Å². The molecular weight excluding hydrogens is 391 g/mol. The van der Waals surface area contributed by atoms with E-state index in [1.807, 2.05) is 6.07 Å². The fourth-order valence-corrected chi connectivity index (χ4v) is 5.48. The largest absolute Gasteiger partial charge is 0.352 e. The first-order valence-electron chi connectivity index (χ1n) is 9.19. The van der Waals surface area contributed by atoms with Crippen LogP contribution in [0.3, 0.4) is 0 Å². The molecule has 0 radical (unpaired) electrons. The Hall–Kier alpha value is -2.35. The fraction of sp³-hybridized carbons (Fsp3) is 0.238. The fourth-order valence-electron chi connectivity index (χ4n) is 3.64. The van der Waals surface area contributed by atoms with Crippen LogP contribution in [0.4, 0.5) is 15.8 Å². The Morgan fingerprint density at radius 3 is 3.00 bits per heavy atom. The van der Waals surface area contributed by atoms with Gasteiger partial charge in [0.2, 0.25) is 0 Å². The van der Waals surface area contributed by atoms with Gasteiger partial charge in [-0.2, -0.15) is 0 Å². The summed E-state index contributed by atoms with van der Waals surface area (Å²) in [5, 5.41) is 4.28. The number of anilines is 2. The topological polar surface area (TPSA) is 41.1 Å². The zero-order valence-electron chi connectivity index (χ0n) is 15.6. The number of nitrogens with one attached hydrogen (secondary N) is 1. The Morgan fingerprint density at radius 1 is 1.21 bits per heavy atom. The van der Waals surface area contributed by atoms with Gasteiger partial charge in [0, 0.05) is 29.0 Å². The molecule has 1 N–H and O–H groups in total. The molecule has 1 atom stereocenters. The van der Waals surface area contributed by atoms with Gasteiger partial charge < -0.3 is 5.32 Å². The van der Waals surface area contributed by atoms with Gasteiger partial charge in [-0.05, 0) is 50.2 Å². The molecule has 7 heteroatoms. The number of aromatic nitrogens is 2. The van der Waals surface area contributed by atoms with E-state index in [-0.39, 0.29) is 5.82 Å². The summed E-state index contributed by atoms with van der Waals surface area (Å²) >= 11 is 3.13. The summed E-state index contributed by atoms with van der Waals surface area (Å²) in [6.07, 6.45) is 5.16. The average molecular weight is 411 g/mol. The molecule has 1 aliphatic rings. The molecule has 0 saturated carbocycles. The second-order valence-corrected chi connectivity index (χ2v) is 8.99. The van der Waals surface area contributed by atoms with Gasteiger partial charge in [0.25, 0.3) is 0 Å². The van der Waals surface area contributed by atoms with Gasteiger partial charge in [-0.3, -0.25) is 4.90 Å². The monoisotopic (exact) mass is 410 g/mol. The minimum absolute atomic E-state index is 0.276. The van der Waals surface area contributed by atoms with Crippen molar-refractivity contribution < 1.29 is 4.39 Å². The van der Waals surface area contributed by atoms with Gasteiger partial charge in [0.15, 0.2) is 0 Å². The highest BCUT2D eigenvalue weighted by Crippen LogP contribution is 2.38. The number of benzene rings is 1. The number of hydrogen-bond donors (Lipinski definition) is 1. The summed E-state index contributed by atoms with van der Waals surface area (Å²) in [7, 11) is 2.16. The molecule has 4 heterocycles. The molecule has 1 aliphatic heterocycles. The molecule has 3 aromatic heterocycles. The predicted octanol–water partition coefficient (Wildman–Crippen LogP) is 5.90. The van der Waals surface area contributed by atoms with Crippen molar-refractivity contribution in [3.05, 3.63) is 52.7 Å². The van der Waals surface area contributed by atoms with Crippen LogP contribution >= 0.6 is 22.7 Å². The van der Waals surface area contributed by atoms with Gasteiger partial charge in [-0.1, -0.05) is 6.08 Å². The molecule has 1 aromatic carbocycles. The van der Waals surface area contributed by atoms with Crippen molar-refractivity contribution in [2.75, 3.05) is 18.9 Å². The number of pyridine rings is 1. The molecule has 0 aliphatic carbocycles. The van der Waals surface area contributed by atoms with Crippen LogP contribution in [0.2, 0.25) is 0 Å². The Morgan fingerprint density at radius 2 is 2.11 bits per heavy atom. The summed E-state index contributed by atoms with van der Waals surface area (Å²) in [6, 6.07) is 7.76. The average Bonchev–Trinajstić information content (AvgIpc) is 3.31. The number of rotatable bonds is 3. The molecule has 1 unspecified atom stereocenters. The van der Waals surface area contributed by atoms with Crippen molar-refractivity contribution in [2.24, 2.45) is 0 Å². The van der Waals surface area contributed by atoms with Crippen molar-refractivity contribution in [3.8, 4) is 0 Å². The van der Waals surface area contributed by atoms with Crippen molar-refractivity contribution >= 4 is 60.1 Å². The highest BCUT2D eigenvalue weighted by Gasteiger charge is 2.21. The standard InChI is InChI=1S/C21H19FN4S2/c1-12-13(4-3-7-26(12)2)19-8-14-16(5-6-23-21(14)28-19)25-17-10-18-20(9-15(17)22)27-11-24-18/h4-6,8-12H,3,7H2,1-2H3,(H,23,25). The lowest BCUT2D eigenvalue weighted by molar-refractivity contribution is 0.300. The lowest BCUT2D eigenvalue weighted by atomic mass is 10.00. The van der Waals surface area contributed by atoms with Crippen molar-refractivity contribution in [1.82, 2.24) is 14.9 Å². The zero-order chi connectivity index (χ0) is 19.3. The highest BCUT2D eigenvalue weighted by molar-refractivity contribution is 7.19. The number of thiazole rings is 1. The summed E-state index contributed by atoms with van der Waals surface area (Å²) in [6.45, 7) is 3.32. The second-order valence-electron chi connectivity index (χ2n) is 7.07. The van der Waals surface area contributed by atoms with Crippen molar-refractivity contribution in [2.45, 2.75) is 19.4 Å². The quantitative estimate of drug-likeness (QED) is 0.457. The lowest BCUT2D eigenvalue weighted by Crippen LogP contribution is -2.33. The lowest BCUT2D eigenvalue weighted by Gasteiger charge is -2.30. The van der Waals surface area contributed by atoms with Gasteiger partial charge in [-0.25, -0.2) is 14.4 Å². The summed E-state index contributed by atoms with van der Waals surface area (Å²) in [4.78, 5) is 13.4. The number of nitrogens with zero attached hydrogens (tertiary/aromatic N) is 3. The second kappa shape index (κ2) is 6.92.